The van der Waals surface area contributed by atoms with Crippen LogP contribution >= 0.6 is 0 Å². The molecule has 0 radical (unpaired) electrons. The molecular formula is C12H6F3NO3. The van der Waals surface area contributed by atoms with E-state index in [1.165, 1.54) is 6.07 Å². The summed E-state index contributed by atoms with van der Waals surface area (Å²) in [5, 5.41) is 10.5. The molecule has 98 valence electrons. The number of halogens is 3. The van der Waals surface area contributed by atoms with Crippen molar-refractivity contribution in [1.82, 2.24) is 0 Å². The molecule has 0 aliphatic carbocycles. The highest BCUT2D eigenvalue weighted by atomic mass is 19.2. The van der Waals surface area contributed by atoms with Gasteiger partial charge in [0.15, 0.2) is 11.6 Å². The van der Waals surface area contributed by atoms with Crippen LogP contribution in [0.25, 0.3) is 0 Å². The van der Waals surface area contributed by atoms with Crippen LogP contribution in [0.3, 0.4) is 0 Å². The number of ether oxygens (including phenoxy) is 1. The molecule has 0 saturated carbocycles. The van der Waals surface area contributed by atoms with Crippen molar-refractivity contribution in [3.8, 4) is 11.5 Å². The number of nitro groups is 1. The van der Waals surface area contributed by atoms with Crippen molar-refractivity contribution >= 4 is 5.69 Å². The van der Waals surface area contributed by atoms with E-state index in [-0.39, 0.29) is 5.75 Å². The third kappa shape index (κ3) is 2.82. The summed E-state index contributed by atoms with van der Waals surface area (Å²) in [7, 11) is 0. The first kappa shape index (κ1) is 12.9. The van der Waals surface area contributed by atoms with Crippen LogP contribution in [0.4, 0.5) is 18.9 Å². The van der Waals surface area contributed by atoms with Gasteiger partial charge in [0.25, 0.3) is 5.69 Å². The zero-order valence-electron chi connectivity index (χ0n) is 9.27. The Hall–Kier alpha value is -2.57. The maximum atomic E-state index is 13.3. The van der Waals surface area contributed by atoms with Gasteiger partial charge in [-0.15, -0.1) is 0 Å². The lowest BCUT2D eigenvalue weighted by molar-refractivity contribution is -0.385. The highest BCUT2D eigenvalue weighted by Gasteiger charge is 2.14. The standard InChI is InChI=1S/C12H6F3NO3/c13-7-4-8(16(17)18)6-9(5-7)19-11-3-1-2-10(14)12(11)15/h1-6H. The van der Waals surface area contributed by atoms with Gasteiger partial charge in [0.05, 0.1) is 17.1 Å². The van der Waals surface area contributed by atoms with Crippen LogP contribution in [-0.4, -0.2) is 4.92 Å². The number of hydrogen-bond donors (Lipinski definition) is 0. The highest BCUT2D eigenvalue weighted by molar-refractivity contribution is 5.41. The van der Waals surface area contributed by atoms with Crippen molar-refractivity contribution in [2.24, 2.45) is 0 Å². The van der Waals surface area contributed by atoms with Crippen LogP contribution in [0.1, 0.15) is 0 Å². The van der Waals surface area contributed by atoms with Gasteiger partial charge in [-0.1, -0.05) is 6.07 Å². The molecule has 0 N–H and O–H groups in total. The number of nitro benzene ring substituents is 1. The second-order valence-corrected chi connectivity index (χ2v) is 3.56. The predicted molar refractivity (Wildman–Crippen MR) is 59.5 cm³/mol. The minimum absolute atomic E-state index is 0.295. The minimum Gasteiger partial charge on any atom is -0.454 e. The Morgan fingerprint density at radius 3 is 2.53 bits per heavy atom. The summed E-state index contributed by atoms with van der Waals surface area (Å²) in [6.07, 6.45) is 0. The molecule has 4 nitrogen and oxygen atoms in total. The quantitative estimate of drug-likeness (QED) is 0.629. The first-order valence-corrected chi connectivity index (χ1v) is 5.04. The van der Waals surface area contributed by atoms with Crippen LogP contribution in [-0.2, 0) is 0 Å². The zero-order chi connectivity index (χ0) is 14.0. The molecule has 0 amide bonds. The second-order valence-electron chi connectivity index (χ2n) is 3.56. The maximum Gasteiger partial charge on any atom is 0.276 e. The molecule has 0 spiro atoms. The highest BCUT2D eigenvalue weighted by Crippen LogP contribution is 2.29. The van der Waals surface area contributed by atoms with Crippen molar-refractivity contribution in [3.05, 3.63) is 64.0 Å². The first-order valence-electron chi connectivity index (χ1n) is 5.04. The minimum atomic E-state index is -1.26. The molecule has 7 heteroatoms. The Labute approximate surface area is 105 Å². The van der Waals surface area contributed by atoms with E-state index in [1.54, 1.807) is 0 Å². The molecular weight excluding hydrogens is 263 g/mol. The lowest BCUT2D eigenvalue weighted by atomic mass is 10.3. The Bertz CT molecular complexity index is 646. The van der Waals surface area contributed by atoms with Gasteiger partial charge >= 0.3 is 0 Å². The average Bonchev–Trinajstić information content (AvgIpc) is 2.34. The number of rotatable bonds is 3. The molecule has 0 aromatic heterocycles. The van der Waals surface area contributed by atoms with Crippen molar-refractivity contribution in [2.75, 3.05) is 0 Å². The normalized spacial score (nSPS) is 10.3. The third-order valence-corrected chi connectivity index (χ3v) is 2.21. The Morgan fingerprint density at radius 2 is 1.84 bits per heavy atom. The van der Waals surface area contributed by atoms with Crippen LogP contribution in [0.15, 0.2) is 36.4 Å². The molecule has 0 bridgehead atoms. The molecule has 0 atom stereocenters. The maximum absolute atomic E-state index is 13.3. The van der Waals surface area contributed by atoms with Gasteiger partial charge in [0.1, 0.15) is 11.6 Å². The van der Waals surface area contributed by atoms with Crippen molar-refractivity contribution in [2.45, 2.75) is 0 Å². The van der Waals surface area contributed by atoms with Gasteiger partial charge in [0.2, 0.25) is 5.82 Å². The van der Waals surface area contributed by atoms with E-state index in [2.05, 4.69) is 0 Å². The van der Waals surface area contributed by atoms with Crippen molar-refractivity contribution in [3.63, 3.8) is 0 Å². The van der Waals surface area contributed by atoms with Crippen LogP contribution in [0.5, 0.6) is 11.5 Å². The molecule has 0 heterocycles. The fourth-order valence-corrected chi connectivity index (χ4v) is 1.40. The van der Waals surface area contributed by atoms with Crippen LogP contribution in [0, 0.1) is 27.6 Å². The first-order chi connectivity index (χ1) is 8.97. The van der Waals surface area contributed by atoms with E-state index in [0.29, 0.717) is 6.07 Å². The van der Waals surface area contributed by atoms with E-state index in [1.807, 2.05) is 0 Å². The van der Waals surface area contributed by atoms with E-state index < -0.39 is 33.8 Å². The third-order valence-electron chi connectivity index (χ3n) is 2.21. The SMILES string of the molecule is O=[N+]([O-])c1cc(F)cc(Oc2cccc(F)c2F)c1. The van der Waals surface area contributed by atoms with Gasteiger partial charge in [-0.05, 0) is 12.1 Å². The van der Waals surface area contributed by atoms with Gasteiger partial charge < -0.3 is 4.74 Å². The fourth-order valence-electron chi connectivity index (χ4n) is 1.40. The molecule has 19 heavy (non-hydrogen) atoms. The van der Waals surface area contributed by atoms with Gasteiger partial charge in [-0.3, -0.25) is 10.1 Å². The van der Waals surface area contributed by atoms with Gasteiger partial charge in [0, 0.05) is 6.07 Å². The zero-order valence-corrected chi connectivity index (χ0v) is 9.27. The lowest BCUT2D eigenvalue weighted by Crippen LogP contribution is -1.94. The number of nitrogens with zero attached hydrogens (tertiary/aromatic N) is 1. The summed E-state index contributed by atoms with van der Waals surface area (Å²) in [5.74, 6) is -4.09. The molecule has 0 aliphatic rings. The smallest absolute Gasteiger partial charge is 0.276 e. The van der Waals surface area contributed by atoms with E-state index >= 15 is 0 Å². The molecule has 2 aromatic carbocycles. The summed E-state index contributed by atoms with van der Waals surface area (Å²) in [5.41, 5.74) is -0.549. The Balaban J connectivity index is 2.38. The lowest BCUT2D eigenvalue weighted by Gasteiger charge is -2.07. The average molecular weight is 269 g/mol. The topological polar surface area (TPSA) is 52.4 Å². The van der Waals surface area contributed by atoms with Gasteiger partial charge in [-0.25, -0.2) is 8.78 Å². The van der Waals surface area contributed by atoms with Gasteiger partial charge in [-0.2, -0.15) is 4.39 Å². The van der Waals surface area contributed by atoms with Crippen LogP contribution in [0.2, 0.25) is 0 Å². The van der Waals surface area contributed by atoms with E-state index in [9.17, 15) is 23.3 Å². The van der Waals surface area contributed by atoms with Crippen molar-refractivity contribution in [1.29, 1.82) is 0 Å². The molecule has 0 fully saturated rings. The van der Waals surface area contributed by atoms with Crippen molar-refractivity contribution < 1.29 is 22.8 Å². The summed E-state index contributed by atoms with van der Waals surface area (Å²) >= 11 is 0. The molecule has 0 saturated heterocycles. The second kappa shape index (κ2) is 4.97. The summed E-state index contributed by atoms with van der Waals surface area (Å²) in [4.78, 5) is 9.71. The Kier molecular flexibility index (Phi) is 3.37. The summed E-state index contributed by atoms with van der Waals surface area (Å²) in [6.45, 7) is 0. The number of hydrogen-bond acceptors (Lipinski definition) is 3. The molecule has 0 unspecified atom stereocenters. The number of non-ortho nitro benzene ring substituents is 1. The Morgan fingerprint density at radius 1 is 1.11 bits per heavy atom. The summed E-state index contributed by atoms with van der Waals surface area (Å²) in [6, 6.07) is 5.63. The van der Waals surface area contributed by atoms with Crippen LogP contribution < -0.4 is 4.74 Å². The molecule has 2 aromatic rings. The fraction of sp³-hybridized carbons (Fsp3) is 0. The predicted octanol–water partition coefficient (Wildman–Crippen LogP) is 3.80. The van der Waals surface area contributed by atoms with E-state index in [4.69, 9.17) is 4.74 Å². The molecule has 2 rings (SSSR count). The summed E-state index contributed by atoms with van der Waals surface area (Å²) < 4.78 is 44.3. The monoisotopic (exact) mass is 269 g/mol. The largest absolute Gasteiger partial charge is 0.454 e. The van der Waals surface area contributed by atoms with E-state index in [0.717, 1.165) is 24.3 Å². The molecule has 0 aliphatic heterocycles. The number of benzene rings is 2.